The van der Waals surface area contributed by atoms with Gasteiger partial charge in [-0.15, -0.1) is 0 Å². The van der Waals surface area contributed by atoms with Crippen LogP contribution in [-0.4, -0.2) is 43.7 Å². The number of nitro benzene ring substituents is 1. The van der Waals surface area contributed by atoms with Gasteiger partial charge in [-0.1, -0.05) is 6.07 Å². The molecular formula is C14H13N3O11S2. The first kappa shape index (κ1) is 22.7. The Kier molecular flexibility index (Phi) is 6.34. The Morgan fingerprint density at radius 3 is 2.23 bits per heavy atom. The van der Waals surface area contributed by atoms with E-state index in [1.165, 1.54) is 0 Å². The number of para-hydroxylation sites is 1. The molecule has 2 aromatic carbocycles. The summed E-state index contributed by atoms with van der Waals surface area (Å²) in [5.41, 5.74) is -1.05. The van der Waals surface area contributed by atoms with Crippen molar-refractivity contribution in [1.82, 2.24) is 0 Å². The van der Waals surface area contributed by atoms with E-state index in [1.54, 1.807) is 0 Å². The van der Waals surface area contributed by atoms with Crippen LogP contribution in [0.1, 0.15) is 0 Å². The zero-order valence-corrected chi connectivity index (χ0v) is 16.4. The molecule has 0 unspecified atom stereocenters. The molecule has 0 aliphatic rings. The predicted octanol–water partition coefficient (Wildman–Crippen LogP) is 1.46. The van der Waals surface area contributed by atoms with Gasteiger partial charge >= 0.3 is 26.5 Å². The van der Waals surface area contributed by atoms with Crippen LogP contribution in [0.3, 0.4) is 0 Å². The fourth-order valence-corrected chi connectivity index (χ4v) is 2.88. The van der Waals surface area contributed by atoms with Gasteiger partial charge < -0.3 is 24.1 Å². The summed E-state index contributed by atoms with van der Waals surface area (Å²) in [6, 6.07) is 4.98. The highest BCUT2D eigenvalue weighted by Gasteiger charge is 2.22. The molecule has 16 heteroatoms. The number of hydrogen-bond donors (Lipinski definition) is 4. The van der Waals surface area contributed by atoms with Crippen molar-refractivity contribution >= 4 is 43.6 Å². The van der Waals surface area contributed by atoms with Crippen LogP contribution < -0.4 is 19.0 Å². The van der Waals surface area contributed by atoms with Crippen LogP contribution in [0.5, 0.6) is 17.2 Å². The van der Waals surface area contributed by atoms with E-state index in [-0.39, 0.29) is 11.4 Å². The smallest absolute Gasteiger partial charge is 0.446 e. The van der Waals surface area contributed by atoms with Crippen molar-refractivity contribution in [1.29, 1.82) is 0 Å². The van der Waals surface area contributed by atoms with E-state index in [0.717, 1.165) is 36.4 Å². The Hall–Kier alpha value is -3.63. The lowest BCUT2D eigenvalue weighted by Gasteiger charge is -2.15. The van der Waals surface area contributed by atoms with E-state index in [9.17, 15) is 36.9 Å². The molecule has 0 atom stereocenters. The van der Waals surface area contributed by atoms with Crippen molar-refractivity contribution in [3.63, 3.8) is 0 Å². The standard InChI is InChI=1S/C14H13N3O11S2/c1-29(22,23)28-13-10(3-2-4-12(13)27-30(24,25)26)16-14(19)15-9-6-5-8(17(20)21)7-11(9)18/h2-7,18H,1H3,(H2,15,16,19)(H,24,25,26). The Balaban J connectivity index is 2.33. The molecule has 30 heavy (non-hydrogen) atoms. The first-order chi connectivity index (χ1) is 13.7. The monoisotopic (exact) mass is 463 g/mol. The summed E-state index contributed by atoms with van der Waals surface area (Å²) in [7, 11) is -9.28. The molecule has 14 nitrogen and oxygen atoms in total. The number of anilines is 2. The highest BCUT2D eigenvalue weighted by atomic mass is 32.3. The molecule has 0 heterocycles. The number of carbonyl (C=O) groups excluding carboxylic acids is 1. The van der Waals surface area contributed by atoms with E-state index < -0.39 is 54.4 Å². The van der Waals surface area contributed by atoms with Crippen LogP contribution in [0, 0.1) is 10.1 Å². The molecule has 0 fully saturated rings. The number of aromatic hydroxyl groups is 1. The van der Waals surface area contributed by atoms with Gasteiger partial charge in [0.2, 0.25) is 5.75 Å². The molecule has 162 valence electrons. The second-order valence-electron chi connectivity index (χ2n) is 5.47. The van der Waals surface area contributed by atoms with Gasteiger partial charge in [0, 0.05) is 6.07 Å². The van der Waals surface area contributed by atoms with Gasteiger partial charge in [-0.3, -0.25) is 14.7 Å². The summed E-state index contributed by atoms with van der Waals surface area (Å²) < 4.78 is 62.6. The highest BCUT2D eigenvalue weighted by Crippen LogP contribution is 2.37. The number of nitrogens with one attached hydrogen (secondary N) is 2. The molecule has 0 saturated heterocycles. The Morgan fingerprint density at radius 2 is 1.70 bits per heavy atom. The lowest BCUT2D eigenvalue weighted by molar-refractivity contribution is -0.384. The molecule has 0 radical (unpaired) electrons. The average Bonchev–Trinajstić information content (AvgIpc) is 2.57. The van der Waals surface area contributed by atoms with E-state index >= 15 is 0 Å². The lowest BCUT2D eigenvalue weighted by Crippen LogP contribution is -2.21. The molecule has 2 aromatic rings. The van der Waals surface area contributed by atoms with Crippen molar-refractivity contribution in [2.45, 2.75) is 0 Å². The van der Waals surface area contributed by atoms with E-state index in [2.05, 4.69) is 19.0 Å². The number of non-ortho nitro benzene ring substituents is 1. The van der Waals surface area contributed by atoms with Gasteiger partial charge in [0.25, 0.3) is 5.69 Å². The third-order valence-electron chi connectivity index (χ3n) is 3.10. The van der Waals surface area contributed by atoms with E-state index in [0.29, 0.717) is 6.26 Å². The number of urea groups is 1. The fourth-order valence-electron chi connectivity index (χ4n) is 2.05. The van der Waals surface area contributed by atoms with E-state index in [4.69, 9.17) is 4.55 Å². The summed E-state index contributed by atoms with van der Waals surface area (Å²) in [6.07, 6.45) is 0.635. The van der Waals surface area contributed by atoms with Crippen molar-refractivity contribution in [2.75, 3.05) is 16.9 Å². The Bertz CT molecular complexity index is 1210. The highest BCUT2D eigenvalue weighted by molar-refractivity contribution is 7.86. The number of nitrogens with zero attached hydrogens (tertiary/aromatic N) is 1. The molecule has 2 amide bonds. The van der Waals surface area contributed by atoms with Crippen molar-refractivity contribution < 1.29 is 44.6 Å². The molecule has 0 saturated carbocycles. The average molecular weight is 463 g/mol. The van der Waals surface area contributed by atoms with E-state index in [1.807, 2.05) is 0 Å². The molecule has 0 spiro atoms. The fraction of sp³-hybridized carbons (Fsp3) is 0.0714. The minimum absolute atomic E-state index is 0.228. The quantitative estimate of drug-likeness (QED) is 0.152. The summed E-state index contributed by atoms with van der Waals surface area (Å²) in [5.74, 6) is -2.14. The summed E-state index contributed by atoms with van der Waals surface area (Å²) in [5, 5.41) is 24.7. The maximum absolute atomic E-state index is 12.2. The van der Waals surface area contributed by atoms with Gasteiger partial charge in [-0.05, 0) is 18.2 Å². The third kappa shape index (κ3) is 6.47. The van der Waals surface area contributed by atoms with Gasteiger partial charge in [0.15, 0.2) is 5.75 Å². The zero-order chi connectivity index (χ0) is 22.7. The lowest BCUT2D eigenvalue weighted by atomic mass is 10.2. The Morgan fingerprint density at radius 1 is 1.07 bits per heavy atom. The van der Waals surface area contributed by atoms with Crippen LogP contribution in [0.2, 0.25) is 0 Å². The molecule has 0 aliphatic carbocycles. The number of carbonyl (C=O) groups is 1. The van der Waals surface area contributed by atoms with Crippen LogP contribution >= 0.6 is 0 Å². The van der Waals surface area contributed by atoms with Crippen molar-refractivity contribution in [2.24, 2.45) is 0 Å². The number of nitro groups is 1. The third-order valence-corrected chi connectivity index (χ3v) is 3.96. The summed E-state index contributed by atoms with van der Waals surface area (Å²) in [6.45, 7) is 0. The molecule has 0 aliphatic heterocycles. The number of phenolic OH excluding ortho intramolecular Hbond substituents is 1. The zero-order valence-electron chi connectivity index (χ0n) is 14.8. The minimum Gasteiger partial charge on any atom is -0.506 e. The van der Waals surface area contributed by atoms with Crippen molar-refractivity contribution in [3.05, 3.63) is 46.5 Å². The number of rotatable bonds is 7. The number of amides is 2. The number of hydrogen-bond acceptors (Lipinski definition) is 10. The summed E-state index contributed by atoms with van der Waals surface area (Å²) >= 11 is 0. The maximum atomic E-state index is 12.2. The van der Waals surface area contributed by atoms with Gasteiger partial charge in [0.05, 0.1) is 28.6 Å². The second-order valence-corrected chi connectivity index (χ2v) is 8.07. The molecule has 4 N–H and O–H groups in total. The summed E-state index contributed by atoms with van der Waals surface area (Å²) in [4.78, 5) is 22.1. The first-order valence-electron chi connectivity index (χ1n) is 7.50. The van der Waals surface area contributed by atoms with Gasteiger partial charge in [0.1, 0.15) is 5.75 Å². The topological polar surface area (TPSA) is 211 Å². The van der Waals surface area contributed by atoms with Crippen molar-refractivity contribution in [3.8, 4) is 17.2 Å². The van der Waals surface area contributed by atoms with Gasteiger partial charge in [-0.25, -0.2) is 4.79 Å². The first-order valence-corrected chi connectivity index (χ1v) is 10.7. The minimum atomic E-state index is -5.06. The molecule has 2 rings (SSSR count). The Labute approximate surface area is 169 Å². The predicted molar refractivity (Wildman–Crippen MR) is 101 cm³/mol. The molecule has 0 aromatic heterocycles. The van der Waals surface area contributed by atoms with Gasteiger partial charge in [-0.2, -0.15) is 16.8 Å². The maximum Gasteiger partial charge on any atom is 0.446 e. The largest absolute Gasteiger partial charge is 0.506 e. The molecule has 0 bridgehead atoms. The van der Waals surface area contributed by atoms with Crippen LogP contribution in [0.25, 0.3) is 0 Å². The normalized spacial score (nSPS) is 11.4. The van der Waals surface area contributed by atoms with Crippen LogP contribution in [0.15, 0.2) is 36.4 Å². The molecular weight excluding hydrogens is 450 g/mol. The second kappa shape index (κ2) is 8.39. The van der Waals surface area contributed by atoms with Crippen LogP contribution in [0.4, 0.5) is 21.9 Å². The number of phenols is 1. The van der Waals surface area contributed by atoms with Crippen LogP contribution in [-0.2, 0) is 20.5 Å². The SMILES string of the molecule is CS(=O)(=O)Oc1c(NC(=O)Nc2ccc([N+](=O)[O-])cc2O)cccc1OS(=O)(=O)O. The number of benzene rings is 2.